The van der Waals surface area contributed by atoms with Crippen molar-refractivity contribution in [3.8, 4) is 0 Å². The topological polar surface area (TPSA) is 78.9 Å². The van der Waals surface area contributed by atoms with Crippen molar-refractivity contribution in [3.05, 3.63) is 158 Å². The SMILES string of the molecule is CC/C=C\C/C=C\C/C=C\C/C=C\C/C=C\C/C=C\C/C=C\C/C=C\CCCCCCC(=O)OCC(COC(=O)CCCCCCC/C=C\CCCCCCC)OC(=O)CCCCCC/C=C\C/C=C\C/C=C\C/C=C\CC. The molecule has 0 aromatic heterocycles. The Balaban J connectivity index is 4.45. The summed E-state index contributed by atoms with van der Waals surface area (Å²) in [5, 5.41) is 0. The van der Waals surface area contributed by atoms with E-state index in [0.717, 1.165) is 173 Å². The van der Waals surface area contributed by atoms with E-state index in [1.165, 1.54) is 44.9 Å². The molecule has 438 valence electrons. The van der Waals surface area contributed by atoms with Crippen LogP contribution in [-0.2, 0) is 28.6 Å². The van der Waals surface area contributed by atoms with Crippen molar-refractivity contribution in [2.45, 2.75) is 264 Å². The predicted octanol–water partition coefficient (Wildman–Crippen LogP) is 21.7. The molecule has 0 saturated carbocycles. The Morgan fingerprint density at radius 2 is 0.500 bits per heavy atom. The zero-order valence-electron chi connectivity index (χ0n) is 50.1. The molecule has 0 saturated heterocycles. The van der Waals surface area contributed by atoms with Gasteiger partial charge in [-0.2, -0.15) is 0 Å². The standard InChI is InChI=1S/C72H114O6/c1-4-7-10-13-16-19-22-25-28-30-31-32-33-34-35-36-37-38-39-40-41-43-44-47-50-53-56-59-62-65-71(74)77-68-69(67-76-70(73)64-61-58-55-52-49-46-27-24-21-18-15-12-9-6-3)78-72(75)66-63-60-57-54-51-48-45-42-29-26-23-20-17-14-11-8-5-2/h7-8,10-11,16-17,19-20,24-29,31-32,34-35,37-38,40-41,44-45,47-48,69H,4-6,9,12-15,18,21-23,30,33,36,39,42-43,46,49-68H2,1-3H3/b10-7-,11-8-,19-16-,20-17-,27-24-,28-25-,29-26-,32-31-,35-34-,38-37-,41-40-,47-44-,48-45-. The van der Waals surface area contributed by atoms with Gasteiger partial charge >= 0.3 is 17.9 Å². The van der Waals surface area contributed by atoms with Crippen LogP contribution in [0.15, 0.2) is 158 Å². The summed E-state index contributed by atoms with van der Waals surface area (Å²) < 4.78 is 16.9. The van der Waals surface area contributed by atoms with Crippen LogP contribution in [0.2, 0.25) is 0 Å². The van der Waals surface area contributed by atoms with Crippen LogP contribution in [0, 0.1) is 0 Å². The number of hydrogen-bond donors (Lipinski definition) is 0. The zero-order valence-corrected chi connectivity index (χ0v) is 50.1. The van der Waals surface area contributed by atoms with Gasteiger partial charge in [-0.05, 0) is 148 Å². The fraction of sp³-hybridized carbons (Fsp3) is 0.597. The molecule has 0 N–H and O–H groups in total. The smallest absolute Gasteiger partial charge is 0.306 e. The summed E-state index contributed by atoms with van der Waals surface area (Å²) in [6.07, 6.45) is 93.8. The van der Waals surface area contributed by atoms with Gasteiger partial charge in [-0.1, -0.05) is 249 Å². The molecule has 6 nitrogen and oxygen atoms in total. The summed E-state index contributed by atoms with van der Waals surface area (Å²) >= 11 is 0. The number of unbranched alkanes of at least 4 members (excludes halogenated alkanes) is 18. The molecule has 78 heavy (non-hydrogen) atoms. The minimum absolute atomic E-state index is 0.107. The van der Waals surface area contributed by atoms with Gasteiger partial charge in [-0.3, -0.25) is 14.4 Å². The second-order valence-electron chi connectivity index (χ2n) is 20.2. The average molecular weight is 1080 g/mol. The molecule has 0 rings (SSSR count). The van der Waals surface area contributed by atoms with Crippen LogP contribution < -0.4 is 0 Å². The zero-order chi connectivity index (χ0) is 56.4. The maximum absolute atomic E-state index is 12.9. The molecular weight excluding hydrogens is 961 g/mol. The fourth-order valence-electron chi connectivity index (χ4n) is 8.09. The minimum atomic E-state index is -0.814. The lowest BCUT2D eigenvalue weighted by molar-refractivity contribution is -0.167. The van der Waals surface area contributed by atoms with E-state index in [9.17, 15) is 14.4 Å². The number of rotatable bonds is 55. The molecule has 0 heterocycles. The third kappa shape index (κ3) is 61.9. The Kier molecular flexibility index (Phi) is 60.4. The first-order valence-corrected chi connectivity index (χ1v) is 31.5. The van der Waals surface area contributed by atoms with Gasteiger partial charge in [-0.15, -0.1) is 0 Å². The van der Waals surface area contributed by atoms with E-state index >= 15 is 0 Å². The Morgan fingerprint density at radius 3 is 0.795 bits per heavy atom. The first kappa shape index (κ1) is 73.0. The molecule has 0 aliphatic rings. The van der Waals surface area contributed by atoms with Gasteiger partial charge in [-0.25, -0.2) is 0 Å². The van der Waals surface area contributed by atoms with Gasteiger partial charge in [0.25, 0.3) is 0 Å². The van der Waals surface area contributed by atoms with Crippen LogP contribution >= 0.6 is 0 Å². The third-order valence-corrected chi connectivity index (χ3v) is 12.7. The van der Waals surface area contributed by atoms with E-state index in [2.05, 4.69) is 179 Å². The van der Waals surface area contributed by atoms with Crippen molar-refractivity contribution in [2.24, 2.45) is 0 Å². The van der Waals surface area contributed by atoms with Crippen LogP contribution in [-0.4, -0.2) is 37.2 Å². The molecule has 1 unspecified atom stereocenters. The second-order valence-corrected chi connectivity index (χ2v) is 20.2. The lowest BCUT2D eigenvalue weighted by atomic mass is 10.1. The van der Waals surface area contributed by atoms with Crippen molar-refractivity contribution in [3.63, 3.8) is 0 Å². The monoisotopic (exact) mass is 1070 g/mol. The van der Waals surface area contributed by atoms with Gasteiger partial charge < -0.3 is 14.2 Å². The second kappa shape index (κ2) is 64.6. The van der Waals surface area contributed by atoms with Crippen LogP contribution in [0.3, 0.4) is 0 Å². The maximum atomic E-state index is 12.9. The van der Waals surface area contributed by atoms with Crippen molar-refractivity contribution < 1.29 is 28.6 Å². The van der Waals surface area contributed by atoms with Gasteiger partial charge in [0.2, 0.25) is 0 Å². The summed E-state index contributed by atoms with van der Waals surface area (Å²) in [6.45, 7) is 6.35. The highest BCUT2D eigenvalue weighted by molar-refractivity contribution is 5.71. The summed E-state index contributed by atoms with van der Waals surface area (Å²) in [5.74, 6) is -0.969. The Bertz CT molecular complexity index is 1760. The summed E-state index contributed by atoms with van der Waals surface area (Å²) in [6, 6.07) is 0. The molecule has 0 fully saturated rings. The van der Waals surface area contributed by atoms with E-state index in [0.29, 0.717) is 12.8 Å². The van der Waals surface area contributed by atoms with E-state index in [4.69, 9.17) is 14.2 Å². The fourth-order valence-corrected chi connectivity index (χ4v) is 8.09. The van der Waals surface area contributed by atoms with E-state index < -0.39 is 6.10 Å². The van der Waals surface area contributed by atoms with Gasteiger partial charge in [0.05, 0.1) is 0 Å². The van der Waals surface area contributed by atoms with Gasteiger partial charge in [0, 0.05) is 19.3 Å². The minimum Gasteiger partial charge on any atom is -0.462 e. The van der Waals surface area contributed by atoms with E-state index in [1.807, 2.05) is 0 Å². The largest absolute Gasteiger partial charge is 0.462 e. The molecule has 0 bridgehead atoms. The lowest BCUT2D eigenvalue weighted by Gasteiger charge is -2.18. The molecule has 0 aliphatic carbocycles. The molecule has 0 spiro atoms. The Labute approximate surface area is 480 Å². The van der Waals surface area contributed by atoms with Crippen LogP contribution in [0.4, 0.5) is 0 Å². The molecule has 0 aliphatic heterocycles. The Hall–Kier alpha value is -4.97. The third-order valence-electron chi connectivity index (χ3n) is 12.7. The molecular formula is C72H114O6. The maximum Gasteiger partial charge on any atom is 0.306 e. The average Bonchev–Trinajstić information content (AvgIpc) is 3.44. The molecule has 1 atom stereocenters. The summed E-state index contributed by atoms with van der Waals surface area (Å²) in [5.41, 5.74) is 0. The number of carbonyl (C=O) groups excluding carboxylic acids is 3. The first-order valence-electron chi connectivity index (χ1n) is 31.5. The molecule has 0 aromatic rings. The highest BCUT2D eigenvalue weighted by Crippen LogP contribution is 2.13. The molecule has 0 radical (unpaired) electrons. The number of ether oxygens (including phenoxy) is 3. The quantitative estimate of drug-likeness (QED) is 0.0261. The van der Waals surface area contributed by atoms with Crippen molar-refractivity contribution in [2.75, 3.05) is 13.2 Å². The molecule has 6 heteroatoms. The summed E-state index contributed by atoms with van der Waals surface area (Å²) in [4.78, 5) is 38.3. The van der Waals surface area contributed by atoms with E-state index in [1.54, 1.807) is 0 Å². The lowest BCUT2D eigenvalue weighted by Crippen LogP contribution is -2.30. The van der Waals surface area contributed by atoms with Crippen molar-refractivity contribution in [1.29, 1.82) is 0 Å². The Morgan fingerprint density at radius 1 is 0.269 bits per heavy atom. The number of carbonyl (C=O) groups is 3. The number of esters is 3. The summed E-state index contributed by atoms with van der Waals surface area (Å²) in [7, 11) is 0. The van der Waals surface area contributed by atoms with Crippen LogP contribution in [0.25, 0.3) is 0 Å². The molecule has 0 amide bonds. The van der Waals surface area contributed by atoms with Crippen molar-refractivity contribution >= 4 is 17.9 Å². The van der Waals surface area contributed by atoms with Crippen molar-refractivity contribution in [1.82, 2.24) is 0 Å². The number of allylic oxidation sites excluding steroid dienone is 26. The van der Waals surface area contributed by atoms with Crippen LogP contribution in [0.1, 0.15) is 258 Å². The van der Waals surface area contributed by atoms with Gasteiger partial charge in [0.1, 0.15) is 13.2 Å². The first-order chi connectivity index (χ1) is 38.5. The highest BCUT2D eigenvalue weighted by atomic mass is 16.6. The van der Waals surface area contributed by atoms with E-state index in [-0.39, 0.29) is 37.5 Å². The number of hydrogen-bond acceptors (Lipinski definition) is 6. The van der Waals surface area contributed by atoms with Crippen LogP contribution in [0.5, 0.6) is 0 Å². The molecule has 0 aromatic carbocycles. The highest BCUT2D eigenvalue weighted by Gasteiger charge is 2.19. The predicted molar refractivity (Wildman–Crippen MR) is 338 cm³/mol. The normalized spacial score (nSPS) is 13.2. The van der Waals surface area contributed by atoms with Gasteiger partial charge in [0.15, 0.2) is 6.10 Å².